The maximum absolute atomic E-state index is 13.2. The number of carbonyl (C=O) groups excluding carboxylic acids is 2. The highest BCUT2D eigenvalue weighted by atomic mass is 16.5. The van der Waals surface area contributed by atoms with Crippen molar-refractivity contribution in [3.8, 4) is 11.5 Å². The van der Waals surface area contributed by atoms with Gasteiger partial charge in [0.05, 0.1) is 23.4 Å². The molecule has 0 aromatic heterocycles. The summed E-state index contributed by atoms with van der Waals surface area (Å²) in [5.41, 5.74) is 1.19. The van der Waals surface area contributed by atoms with Gasteiger partial charge in [-0.05, 0) is 63.4 Å². The molecule has 0 saturated carbocycles. The Labute approximate surface area is 190 Å². The first-order chi connectivity index (χ1) is 15.2. The molecule has 1 heterocycles. The molecule has 7 heteroatoms. The average Bonchev–Trinajstić information content (AvgIpc) is 2.83. The van der Waals surface area contributed by atoms with Gasteiger partial charge in [-0.3, -0.25) is 4.79 Å². The summed E-state index contributed by atoms with van der Waals surface area (Å²) in [7, 11) is 0. The molecule has 0 unspecified atom stereocenters. The van der Waals surface area contributed by atoms with Crippen molar-refractivity contribution in [3.63, 3.8) is 0 Å². The summed E-state index contributed by atoms with van der Waals surface area (Å²) in [4.78, 5) is 27.7. The second kappa shape index (κ2) is 9.94. The van der Waals surface area contributed by atoms with Crippen molar-refractivity contribution in [3.05, 3.63) is 42.5 Å². The van der Waals surface area contributed by atoms with E-state index in [1.165, 1.54) is 0 Å². The van der Waals surface area contributed by atoms with Crippen LogP contribution in [-0.4, -0.2) is 31.7 Å². The van der Waals surface area contributed by atoms with Gasteiger partial charge in [-0.1, -0.05) is 26.0 Å². The second-order valence-electron chi connectivity index (χ2n) is 9.00. The van der Waals surface area contributed by atoms with Crippen molar-refractivity contribution in [1.82, 2.24) is 0 Å². The third-order valence-electron chi connectivity index (χ3n) is 5.29. The monoisotopic (exact) mass is 439 g/mol. The van der Waals surface area contributed by atoms with Gasteiger partial charge in [0.2, 0.25) is 5.91 Å². The summed E-state index contributed by atoms with van der Waals surface area (Å²) < 4.78 is 11.5. The zero-order valence-corrected chi connectivity index (χ0v) is 19.5. The fourth-order valence-electron chi connectivity index (χ4n) is 3.47. The number of fused-ring (bicyclic) bond motifs is 1. The number of benzene rings is 2. The normalized spacial score (nSPS) is 14.9. The predicted octanol–water partition coefficient (Wildman–Crippen LogP) is 5.53. The molecule has 0 aliphatic carbocycles. The van der Waals surface area contributed by atoms with Crippen LogP contribution in [0.4, 0.5) is 21.9 Å². The van der Waals surface area contributed by atoms with Gasteiger partial charge in [0.1, 0.15) is 18.1 Å². The Hall–Kier alpha value is -3.22. The Bertz CT molecular complexity index is 971. The lowest BCUT2D eigenvalue weighted by atomic mass is 9.92. The molecule has 1 aliphatic heterocycles. The number of carbonyl (C=O) groups is 2. The van der Waals surface area contributed by atoms with Gasteiger partial charge in [-0.25, -0.2) is 4.79 Å². The highest BCUT2D eigenvalue weighted by Gasteiger charge is 2.37. The van der Waals surface area contributed by atoms with E-state index < -0.39 is 11.4 Å². The zero-order valence-electron chi connectivity index (χ0n) is 19.5. The van der Waals surface area contributed by atoms with E-state index in [0.717, 1.165) is 6.42 Å². The van der Waals surface area contributed by atoms with Gasteiger partial charge in [0.25, 0.3) is 0 Å². The molecular weight excluding hydrogens is 406 g/mol. The number of anilines is 3. The zero-order chi connectivity index (χ0) is 23.3. The molecule has 2 N–H and O–H groups in total. The van der Waals surface area contributed by atoms with Crippen molar-refractivity contribution in [1.29, 1.82) is 0 Å². The van der Waals surface area contributed by atoms with Crippen molar-refractivity contribution < 1.29 is 19.1 Å². The fourth-order valence-corrected chi connectivity index (χ4v) is 3.47. The lowest BCUT2D eigenvalue weighted by molar-refractivity contribution is -0.127. The van der Waals surface area contributed by atoms with E-state index in [4.69, 9.17) is 9.47 Å². The van der Waals surface area contributed by atoms with Crippen molar-refractivity contribution in [2.75, 3.05) is 35.3 Å². The first-order valence-electron chi connectivity index (χ1n) is 11.1. The SMILES string of the molecule is CCOc1ccccc1NC(=O)Nc1ccc2c(c1)N(CCC(C)C)C(=O)C(C)(C)CO2. The third kappa shape index (κ3) is 5.52. The molecule has 7 nitrogen and oxygen atoms in total. The van der Waals surface area contributed by atoms with Gasteiger partial charge in [0, 0.05) is 12.2 Å². The Balaban J connectivity index is 1.83. The number of hydrogen-bond donors (Lipinski definition) is 2. The number of para-hydroxylation sites is 2. The molecule has 2 aromatic rings. The van der Waals surface area contributed by atoms with E-state index in [9.17, 15) is 9.59 Å². The van der Waals surface area contributed by atoms with E-state index in [2.05, 4.69) is 24.5 Å². The van der Waals surface area contributed by atoms with Crippen LogP contribution < -0.4 is 25.0 Å². The minimum Gasteiger partial charge on any atom is -0.492 e. The summed E-state index contributed by atoms with van der Waals surface area (Å²) in [6, 6.07) is 12.2. The predicted molar refractivity (Wildman–Crippen MR) is 128 cm³/mol. The molecule has 172 valence electrons. The number of urea groups is 1. The number of ether oxygens (including phenoxy) is 2. The molecule has 2 aromatic carbocycles. The molecule has 0 radical (unpaired) electrons. The largest absolute Gasteiger partial charge is 0.492 e. The van der Waals surface area contributed by atoms with E-state index in [1.807, 2.05) is 32.9 Å². The van der Waals surface area contributed by atoms with E-state index in [0.29, 0.717) is 54.2 Å². The summed E-state index contributed by atoms with van der Waals surface area (Å²) in [6.45, 7) is 11.3. The second-order valence-corrected chi connectivity index (χ2v) is 9.00. The van der Waals surface area contributed by atoms with Crippen LogP contribution in [0.15, 0.2) is 42.5 Å². The summed E-state index contributed by atoms with van der Waals surface area (Å²) in [5, 5.41) is 5.67. The van der Waals surface area contributed by atoms with Crippen LogP contribution in [0.25, 0.3) is 0 Å². The van der Waals surface area contributed by atoms with Crippen molar-refractivity contribution in [2.45, 2.75) is 41.0 Å². The van der Waals surface area contributed by atoms with Crippen LogP contribution >= 0.6 is 0 Å². The highest BCUT2D eigenvalue weighted by Crippen LogP contribution is 2.38. The lowest BCUT2D eigenvalue weighted by Crippen LogP contribution is -2.42. The first kappa shape index (κ1) is 23.4. The number of nitrogens with one attached hydrogen (secondary N) is 2. The standard InChI is InChI=1S/C25H33N3O4/c1-6-31-21-10-8-7-9-19(21)27-24(30)26-18-11-12-22-20(15-18)28(14-13-17(2)3)23(29)25(4,5)16-32-22/h7-12,15,17H,6,13-14,16H2,1-5H3,(H2,26,27,30). The van der Waals surface area contributed by atoms with Gasteiger partial charge in [-0.2, -0.15) is 0 Å². The summed E-state index contributed by atoms with van der Waals surface area (Å²) >= 11 is 0. The van der Waals surface area contributed by atoms with Crippen LogP contribution in [0, 0.1) is 11.3 Å². The number of rotatable bonds is 7. The maximum atomic E-state index is 13.2. The van der Waals surface area contributed by atoms with E-state index in [1.54, 1.807) is 35.2 Å². The smallest absolute Gasteiger partial charge is 0.323 e. The van der Waals surface area contributed by atoms with Gasteiger partial charge < -0.3 is 25.0 Å². The van der Waals surface area contributed by atoms with Crippen LogP contribution in [0.2, 0.25) is 0 Å². The van der Waals surface area contributed by atoms with E-state index >= 15 is 0 Å². The van der Waals surface area contributed by atoms with Gasteiger partial charge in [0.15, 0.2) is 0 Å². The summed E-state index contributed by atoms with van der Waals surface area (Å²) in [5.74, 6) is 1.72. The molecule has 0 spiro atoms. The lowest BCUT2D eigenvalue weighted by Gasteiger charge is -2.28. The maximum Gasteiger partial charge on any atom is 0.323 e. The average molecular weight is 440 g/mol. The molecule has 1 aliphatic rings. The molecular formula is C25H33N3O4. The highest BCUT2D eigenvalue weighted by molar-refractivity contribution is 6.03. The van der Waals surface area contributed by atoms with Gasteiger partial charge >= 0.3 is 6.03 Å². The molecule has 3 amide bonds. The molecule has 0 fully saturated rings. The Morgan fingerprint density at radius 2 is 1.94 bits per heavy atom. The molecule has 32 heavy (non-hydrogen) atoms. The summed E-state index contributed by atoms with van der Waals surface area (Å²) in [6.07, 6.45) is 0.869. The van der Waals surface area contributed by atoms with Crippen LogP contribution in [-0.2, 0) is 4.79 Å². The first-order valence-corrected chi connectivity index (χ1v) is 11.1. The topological polar surface area (TPSA) is 79.9 Å². The molecule has 0 bridgehead atoms. The fraction of sp³-hybridized carbons (Fsp3) is 0.440. The Morgan fingerprint density at radius 3 is 2.66 bits per heavy atom. The van der Waals surface area contributed by atoms with Crippen LogP contribution in [0.5, 0.6) is 11.5 Å². The quantitative estimate of drug-likeness (QED) is 0.595. The number of hydrogen-bond acceptors (Lipinski definition) is 4. The van der Waals surface area contributed by atoms with E-state index in [-0.39, 0.29) is 5.91 Å². The minimum atomic E-state index is -0.635. The Morgan fingerprint density at radius 1 is 1.19 bits per heavy atom. The molecule has 0 atom stereocenters. The molecule has 0 saturated heterocycles. The van der Waals surface area contributed by atoms with Crippen LogP contribution in [0.3, 0.4) is 0 Å². The number of amides is 3. The Kier molecular flexibility index (Phi) is 7.28. The van der Waals surface area contributed by atoms with Crippen LogP contribution in [0.1, 0.15) is 41.0 Å². The van der Waals surface area contributed by atoms with Gasteiger partial charge in [-0.15, -0.1) is 0 Å². The number of nitrogens with zero attached hydrogens (tertiary/aromatic N) is 1. The van der Waals surface area contributed by atoms with Crippen molar-refractivity contribution in [2.24, 2.45) is 11.3 Å². The minimum absolute atomic E-state index is 0.0177. The molecule has 3 rings (SSSR count). The van der Waals surface area contributed by atoms with Crippen molar-refractivity contribution >= 4 is 29.0 Å². The third-order valence-corrected chi connectivity index (χ3v) is 5.29.